The first-order valence-corrected chi connectivity index (χ1v) is 11.0. The van der Waals surface area contributed by atoms with Crippen LogP contribution in [0.2, 0.25) is 0 Å². The van der Waals surface area contributed by atoms with Crippen LogP contribution in [0.25, 0.3) is 10.6 Å². The van der Waals surface area contributed by atoms with E-state index in [4.69, 9.17) is 9.72 Å². The van der Waals surface area contributed by atoms with Crippen LogP contribution in [0.1, 0.15) is 21.6 Å². The molecule has 1 fully saturated rings. The molecule has 2 aromatic carbocycles. The molecule has 0 aliphatic carbocycles. The van der Waals surface area contributed by atoms with E-state index in [0.717, 1.165) is 34.1 Å². The highest BCUT2D eigenvalue weighted by molar-refractivity contribution is 7.13. The number of piperazine rings is 1. The summed E-state index contributed by atoms with van der Waals surface area (Å²) in [4.78, 5) is 21.3. The first-order chi connectivity index (χ1) is 15.3. The Morgan fingerprint density at radius 2 is 1.69 bits per heavy atom. The van der Waals surface area contributed by atoms with Gasteiger partial charge in [0, 0.05) is 49.2 Å². The van der Waals surface area contributed by atoms with Gasteiger partial charge < -0.3 is 9.64 Å². The quantitative estimate of drug-likeness (QED) is 0.548. The summed E-state index contributed by atoms with van der Waals surface area (Å²) in [6.45, 7) is 3.10. The SMILES string of the molecule is COc1ccc(-c2nc(CN3CCN(C(=O)c4ccc(C(F)(F)F)cc4)CC3)cs2)cc1. The molecule has 2 heterocycles. The molecule has 0 atom stereocenters. The lowest BCUT2D eigenvalue weighted by Crippen LogP contribution is -2.48. The van der Waals surface area contributed by atoms with E-state index in [1.807, 2.05) is 29.6 Å². The zero-order valence-corrected chi connectivity index (χ0v) is 18.2. The van der Waals surface area contributed by atoms with E-state index in [0.29, 0.717) is 32.7 Å². The van der Waals surface area contributed by atoms with Gasteiger partial charge in [-0.2, -0.15) is 13.2 Å². The van der Waals surface area contributed by atoms with Crippen molar-refractivity contribution in [2.24, 2.45) is 0 Å². The summed E-state index contributed by atoms with van der Waals surface area (Å²) in [5, 5.41) is 2.98. The summed E-state index contributed by atoms with van der Waals surface area (Å²) in [5.74, 6) is 0.558. The molecular weight excluding hydrogens is 439 g/mol. The molecule has 0 spiro atoms. The molecular formula is C23H22F3N3O2S. The lowest BCUT2D eigenvalue weighted by atomic mass is 10.1. The highest BCUT2D eigenvalue weighted by Crippen LogP contribution is 2.29. The van der Waals surface area contributed by atoms with Crippen molar-refractivity contribution >= 4 is 17.2 Å². The molecule has 1 aromatic heterocycles. The van der Waals surface area contributed by atoms with Crippen molar-refractivity contribution in [3.63, 3.8) is 0 Å². The summed E-state index contributed by atoms with van der Waals surface area (Å²) in [5.41, 5.74) is 1.53. The Kier molecular flexibility index (Phi) is 6.48. The van der Waals surface area contributed by atoms with Crippen LogP contribution in [0.5, 0.6) is 5.75 Å². The van der Waals surface area contributed by atoms with Crippen molar-refractivity contribution in [1.29, 1.82) is 0 Å². The number of halogens is 3. The van der Waals surface area contributed by atoms with Crippen molar-refractivity contribution in [2.75, 3.05) is 33.3 Å². The van der Waals surface area contributed by atoms with Gasteiger partial charge >= 0.3 is 6.18 Å². The zero-order valence-electron chi connectivity index (χ0n) is 17.4. The largest absolute Gasteiger partial charge is 0.497 e. The lowest BCUT2D eigenvalue weighted by Gasteiger charge is -2.34. The number of methoxy groups -OCH3 is 1. The second-order valence-electron chi connectivity index (χ2n) is 7.52. The molecule has 1 saturated heterocycles. The number of amides is 1. The highest BCUT2D eigenvalue weighted by Gasteiger charge is 2.30. The van der Waals surface area contributed by atoms with Gasteiger partial charge in [-0.3, -0.25) is 9.69 Å². The summed E-state index contributed by atoms with van der Waals surface area (Å²) < 4.78 is 43.3. The van der Waals surface area contributed by atoms with Gasteiger partial charge in [0.2, 0.25) is 0 Å². The molecule has 1 amide bonds. The molecule has 0 unspecified atom stereocenters. The standard InChI is InChI=1S/C23H22F3N3O2S/c1-31-20-8-4-16(5-9-20)21-27-19(15-32-21)14-28-10-12-29(13-11-28)22(30)17-2-6-18(7-3-17)23(24,25)26/h2-9,15H,10-14H2,1H3. The number of ether oxygens (including phenoxy) is 1. The predicted molar refractivity (Wildman–Crippen MR) is 117 cm³/mol. The third-order valence-corrected chi connectivity index (χ3v) is 6.33. The van der Waals surface area contributed by atoms with E-state index in [-0.39, 0.29) is 11.5 Å². The van der Waals surface area contributed by atoms with Gasteiger partial charge in [-0.1, -0.05) is 0 Å². The molecule has 0 N–H and O–H groups in total. The van der Waals surface area contributed by atoms with Crippen LogP contribution in [0.4, 0.5) is 13.2 Å². The van der Waals surface area contributed by atoms with Crippen molar-refractivity contribution < 1.29 is 22.7 Å². The monoisotopic (exact) mass is 461 g/mol. The van der Waals surface area contributed by atoms with Crippen molar-refractivity contribution in [1.82, 2.24) is 14.8 Å². The number of carbonyl (C=O) groups is 1. The minimum atomic E-state index is -4.41. The van der Waals surface area contributed by atoms with E-state index in [1.165, 1.54) is 12.1 Å². The first-order valence-electron chi connectivity index (χ1n) is 10.1. The maximum absolute atomic E-state index is 12.7. The number of alkyl halides is 3. The summed E-state index contributed by atoms with van der Waals surface area (Å²) in [6, 6.07) is 12.2. The Morgan fingerprint density at radius 3 is 2.28 bits per heavy atom. The van der Waals surface area contributed by atoms with E-state index in [2.05, 4.69) is 4.90 Å². The Morgan fingerprint density at radius 1 is 1.03 bits per heavy atom. The van der Waals surface area contributed by atoms with E-state index in [9.17, 15) is 18.0 Å². The number of hydrogen-bond acceptors (Lipinski definition) is 5. The van der Waals surface area contributed by atoms with Gasteiger partial charge in [0.1, 0.15) is 10.8 Å². The number of nitrogens with zero attached hydrogens (tertiary/aromatic N) is 3. The minimum absolute atomic E-state index is 0.242. The van der Waals surface area contributed by atoms with E-state index >= 15 is 0 Å². The third kappa shape index (κ3) is 5.11. The molecule has 0 bridgehead atoms. The Hall–Kier alpha value is -2.91. The number of aromatic nitrogens is 1. The molecule has 4 rings (SSSR count). The average Bonchev–Trinajstić information content (AvgIpc) is 3.27. The smallest absolute Gasteiger partial charge is 0.416 e. The fraction of sp³-hybridized carbons (Fsp3) is 0.304. The molecule has 0 radical (unpaired) electrons. The van der Waals surface area contributed by atoms with Crippen molar-refractivity contribution in [3.8, 4) is 16.3 Å². The molecule has 1 aliphatic heterocycles. The lowest BCUT2D eigenvalue weighted by molar-refractivity contribution is -0.137. The topological polar surface area (TPSA) is 45.7 Å². The van der Waals surface area contributed by atoms with Crippen LogP contribution in [-0.4, -0.2) is 54.0 Å². The predicted octanol–water partition coefficient (Wildman–Crippen LogP) is 4.80. The number of hydrogen-bond donors (Lipinski definition) is 0. The zero-order chi connectivity index (χ0) is 22.7. The fourth-order valence-electron chi connectivity index (χ4n) is 3.57. The van der Waals surface area contributed by atoms with Crippen LogP contribution in [0.15, 0.2) is 53.9 Å². The van der Waals surface area contributed by atoms with E-state index in [1.54, 1.807) is 23.3 Å². The van der Waals surface area contributed by atoms with Gasteiger partial charge in [-0.05, 0) is 48.5 Å². The summed E-state index contributed by atoms with van der Waals surface area (Å²) in [7, 11) is 1.63. The van der Waals surface area contributed by atoms with Crippen LogP contribution in [-0.2, 0) is 12.7 Å². The Balaban J connectivity index is 1.31. The average molecular weight is 462 g/mol. The third-order valence-electron chi connectivity index (χ3n) is 5.39. The summed E-state index contributed by atoms with van der Waals surface area (Å²) >= 11 is 1.59. The Bertz CT molecular complexity index is 1060. The Labute approximate surface area is 188 Å². The van der Waals surface area contributed by atoms with Crippen LogP contribution in [0, 0.1) is 0 Å². The molecule has 168 valence electrons. The van der Waals surface area contributed by atoms with Crippen LogP contribution < -0.4 is 4.74 Å². The minimum Gasteiger partial charge on any atom is -0.497 e. The molecule has 32 heavy (non-hydrogen) atoms. The van der Waals surface area contributed by atoms with Gasteiger partial charge in [0.05, 0.1) is 18.4 Å². The number of carbonyl (C=O) groups excluding carboxylic acids is 1. The number of benzene rings is 2. The number of rotatable bonds is 5. The second kappa shape index (κ2) is 9.30. The second-order valence-corrected chi connectivity index (χ2v) is 8.37. The van der Waals surface area contributed by atoms with Crippen molar-refractivity contribution in [3.05, 3.63) is 70.7 Å². The molecule has 9 heteroatoms. The molecule has 5 nitrogen and oxygen atoms in total. The molecule has 0 saturated carbocycles. The van der Waals surface area contributed by atoms with Gasteiger partial charge in [-0.25, -0.2) is 4.98 Å². The van der Waals surface area contributed by atoms with Crippen molar-refractivity contribution in [2.45, 2.75) is 12.7 Å². The maximum Gasteiger partial charge on any atom is 0.416 e. The highest BCUT2D eigenvalue weighted by atomic mass is 32.1. The normalized spacial score (nSPS) is 15.1. The van der Waals surface area contributed by atoms with Crippen LogP contribution in [0.3, 0.4) is 0 Å². The van der Waals surface area contributed by atoms with E-state index < -0.39 is 11.7 Å². The van der Waals surface area contributed by atoms with Gasteiger partial charge in [-0.15, -0.1) is 11.3 Å². The number of thiazole rings is 1. The maximum atomic E-state index is 12.7. The van der Waals surface area contributed by atoms with Gasteiger partial charge in [0.25, 0.3) is 5.91 Å². The van der Waals surface area contributed by atoms with Crippen LogP contribution >= 0.6 is 11.3 Å². The molecule has 3 aromatic rings. The first kappa shape index (κ1) is 22.3. The van der Waals surface area contributed by atoms with Gasteiger partial charge in [0.15, 0.2) is 0 Å². The molecule has 1 aliphatic rings. The fourth-order valence-corrected chi connectivity index (χ4v) is 4.39. The summed E-state index contributed by atoms with van der Waals surface area (Å²) in [6.07, 6.45) is -4.41.